The molecule has 20 heavy (non-hydrogen) atoms. The number of hydrogen-bond donors (Lipinski definition) is 3. The van der Waals surface area contributed by atoms with E-state index in [9.17, 15) is 4.79 Å². The Morgan fingerprint density at radius 3 is 2.50 bits per heavy atom. The van der Waals surface area contributed by atoms with Gasteiger partial charge in [-0.1, -0.05) is 24.3 Å². The summed E-state index contributed by atoms with van der Waals surface area (Å²) in [6.45, 7) is 3.05. The van der Waals surface area contributed by atoms with Crippen LogP contribution in [0.15, 0.2) is 35.7 Å². The fourth-order valence-electron chi connectivity index (χ4n) is 1.86. The van der Waals surface area contributed by atoms with Crippen LogP contribution >= 0.6 is 11.3 Å². The lowest BCUT2D eigenvalue weighted by atomic mass is 10.1. The van der Waals surface area contributed by atoms with Crippen molar-refractivity contribution >= 4 is 22.9 Å². The Balaban J connectivity index is 1.86. The SMILES string of the molecule is CC(=O)Nc1ccsc1CNCc1ccc(CO)cc1. The predicted octanol–water partition coefficient (Wildman–Crippen LogP) is 2.49. The average Bonchev–Trinajstić information content (AvgIpc) is 2.86. The number of aliphatic hydroxyl groups excluding tert-OH is 1. The second kappa shape index (κ2) is 7.19. The molecule has 106 valence electrons. The average molecular weight is 290 g/mol. The van der Waals surface area contributed by atoms with Crippen molar-refractivity contribution in [3.05, 3.63) is 51.7 Å². The van der Waals surface area contributed by atoms with Crippen LogP contribution in [0.25, 0.3) is 0 Å². The maximum atomic E-state index is 11.1. The van der Waals surface area contributed by atoms with Crippen molar-refractivity contribution in [1.29, 1.82) is 0 Å². The van der Waals surface area contributed by atoms with Crippen LogP contribution in [0.3, 0.4) is 0 Å². The Morgan fingerprint density at radius 2 is 1.85 bits per heavy atom. The van der Waals surface area contributed by atoms with Crippen LogP contribution in [0.5, 0.6) is 0 Å². The molecule has 0 saturated carbocycles. The molecule has 0 aliphatic carbocycles. The first-order valence-corrected chi connectivity index (χ1v) is 7.30. The van der Waals surface area contributed by atoms with Gasteiger partial charge in [-0.25, -0.2) is 0 Å². The minimum Gasteiger partial charge on any atom is -0.392 e. The fourth-order valence-corrected chi connectivity index (χ4v) is 2.66. The van der Waals surface area contributed by atoms with Crippen LogP contribution in [-0.4, -0.2) is 11.0 Å². The monoisotopic (exact) mass is 290 g/mol. The fraction of sp³-hybridized carbons (Fsp3) is 0.267. The lowest BCUT2D eigenvalue weighted by Crippen LogP contribution is -2.14. The summed E-state index contributed by atoms with van der Waals surface area (Å²) in [6.07, 6.45) is 0. The van der Waals surface area contributed by atoms with Gasteiger partial charge in [0.25, 0.3) is 0 Å². The molecule has 0 unspecified atom stereocenters. The van der Waals surface area contributed by atoms with Gasteiger partial charge in [-0.05, 0) is 22.6 Å². The summed E-state index contributed by atoms with van der Waals surface area (Å²) in [7, 11) is 0. The van der Waals surface area contributed by atoms with Crippen molar-refractivity contribution < 1.29 is 9.90 Å². The van der Waals surface area contributed by atoms with Crippen molar-refractivity contribution in [2.75, 3.05) is 5.32 Å². The molecule has 1 heterocycles. The van der Waals surface area contributed by atoms with Gasteiger partial charge >= 0.3 is 0 Å². The Kier molecular flexibility index (Phi) is 5.29. The molecule has 5 heteroatoms. The molecule has 0 spiro atoms. The summed E-state index contributed by atoms with van der Waals surface area (Å²) < 4.78 is 0. The number of amides is 1. The van der Waals surface area contributed by atoms with E-state index in [2.05, 4.69) is 10.6 Å². The summed E-state index contributed by atoms with van der Waals surface area (Å²) in [5.41, 5.74) is 2.96. The third-order valence-electron chi connectivity index (χ3n) is 2.88. The molecule has 1 amide bonds. The lowest BCUT2D eigenvalue weighted by Gasteiger charge is -2.07. The molecule has 2 rings (SSSR count). The van der Waals surface area contributed by atoms with Crippen LogP contribution in [0.4, 0.5) is 5.69 Å². The molecule has 0 aliphatic rings. The first-order valence-electron chi connectivity index (χ1n) is 6.42. The van der Waals surface area contributed by atoms with Gasteiger partial charge in [0, 0.05) is 24.9 Å². The number of carbonyl (C=O) groups excluding carboxylic acids is 1. The molecule has 0 bridgehead atoms. The Bertz CT molecular complexity index is 564. The minimum absolute atomic E-state index is 0.0516. The third kappa shape index (κ3) is 4.16. The number of thiophene rings is 1. The van der Waals surface area contributed by atoms with Gasteiger partial charge < -0.3 is 15.7 Å². The standard InChI is InChI=1S/C15H18N2O2S/c1-11(19)17-14-6-7-20-15(14)9-16-8-12-2-4-13(10-18)5-3-12/h2-7,16,18H,8-10H2,1H3,(H,17,19). The van der Waals surface area contributed by atoms with E-state index < -0.39 is 0 Å². The number of carbonyl (C=O) groups is 1. The van der Waals surface area contributed by atoms with Crippen molar-refractivity contribution in [1.82, 2.24) is 5.32 Å². The second-order valence-electron chi connectivity index (χ2n) is 4.52. The molecule has 2 aromatic rings. The van der Waals surface area contributed by atoms with Gasteiger partial charge in [-0.15, -0.1) is 11.3 Å². The number of rotatable bonds is 6. The van der Waals surface area contributed by atoms with Crippen molar-refractivity contribution in [2.45, 2.75) is 26.6 Å². The van der Waals surface area contributed by atoms with Crippen molar-refractivity contribution in [2.24, 2.45) is 0 Å². The normalized spacial score (nSPS) is 10.5. The molecule has 1 aromatic carbocycles. The van der Waals surface area contributed by atoms with E-state index in [1.54, 1.807) is 11.3 Å². The summed E-state index contributed by atoms with van der Waals surface area (Å²) >= 11 is 1.62. The van der Waals surface area contributed by atoms with Gasteiger partial charge in [0.2, 0.25) is 5.91 Å². The second-order valence-corrected chi connectivity index (χ2v) is 5.52. The van der Waals surface area contributed by atoms with Gasteiger partial charge in [-0.2, -0.15) is 0 Å². The molecule has 4 nitrogen and oxygen atoms in total. The van der Waals surface area contributed by atoms with Crippen molar-refractivity contribution in [3.8, 4) is 0 Å². The molecule has 0 saturated heterocycles. The number of aliphatic hydroxyl groups is 1. The van der Waals surface area contributed by atoms with Crippen molar-refractivity contribution in [3.63, 3.8) is 0 Å². The first-order chi connectivity index (χ1) is 9.69. The number of anilines is 1. The lowest BCUT2D eigenvalue weighted by molar-refractivity contribution is -0.114. The quantitative estimate of drug-likeness (QED) is 0.766. The zero-order chi connectivity index (χ0) is 14.4. The van der Waals surface area contributed by atoms with Gasteiger partial charge in [-0.3, -0.25) is 4.79 Å². The van der Waals surface area contributed by atoms with Crippen LogP contribution in [0, 0.1) is 0 Å². The zero-order valence-electron chi connectivity index (χ0n) is 11.3. The highest BCUT2D eigenvalue weighted by molar-refractivity contribution is 7.10. The molecule has 0 atom stereocenters. The smallest absolute Gasteiger partial charge is 0.221 e. The van der Waals surface area contributed by atoms with Gasteiger partial charge in [0.1, 0.15) is 0 Å². The third-order valence-corrected chi connectivity index (χ3v) is 3.80. The van der Waals surface area contributed by atoms with E-state index in [-0.39, 0.29) is 12.5 Å². The van der Waals surface area contributed by atoms with E-state index in [4.69, 9.17) is 5.11 Å². The summed E-state index contributed by atoms with van der Waals surface area (Å²) in [5, 5.41) is 17.1. The molecule has 1 aromatic heterocycles. The maximum Gasteiger partial charge on any atom is 0.221 e. The van der Waals surface area contributed by atoms with Crippen LogP contribution in [0.1, 0.15) is 22.9 Å². The molecule has 3 N–H and O–H groups in total. The molecular weight excluding hydrogens is 272 g/mol. The highest BCUT2D eigenvalue weighted by Crippen LogP contribution is 2.22. The number of benzene rings is 1. The topological polar surface area (TPSA) is 61.4 Å². The maximum absolute atomic E-state index is 11.1. The van der Waals surface area contributed by atoms with Gasteiger partial charge in [0.05, 0.1) is 12.3 Å². The molecule has 0 radical (unpaired) electrons. The molecule has 0 fully saturated rings. The summed E-state index contributed by atoms with van der Waals surface area (Å²) in [5.74, 6) is -0.0516. The highest BCUT2D eigenvalue weighted by Gasteiger charge is 2.05. The van der Waals surface area contributed by atoms with E-state index in [0.29, 0.717) is 0 Å². The van der Waals surface area contributed by atoms with Crippen LogP contribution in [0.2, 0.25) is 0 Å². The Morgan fingerprint density at radius 1 is 1.15 bits per heavy atom. The number of nitrogens with one attached hydrogen (secondary N) is 2. The van der Waals surface area contributed by atoms with Crippen LogP contribution in [-0.2, 0) is 24.5 Å². The number of hydrogen-bond acceptors (Lipinski definition) is 4. The molecular formula is C15H18N2O2S. The largest absolute Gasteiger partial charge is 0.392 e. The van der Waals surface area contributed by atoms with E-state index in [1.165, 1.54) is 12.5 Å². The Labute approximate surface area is 122 Å². The van der Waals surface area contributed by atoms with Gasteiger partial charge in [0.15, 0.2) is 0 Å². The first kappa shape index (κ1) is 14.7. The summed E-state index contributed by atoms with van der Waals surface area (Å²) in [4.78, 5) is 12.2. The molecule has 0 aliphatic heterocycles. The summed E-state index contributed by atoms with van der Waals surface area (Å²) in [6, 6.07) is 9.76. The zero-order valence-corrected chi connectivity index (χ0v) is 12.2. The van der Waals surface area contributed by atoms with E-state index in [1.807, 2.05) is 35.7 Å². The van der Waals surface area contributed by atoms with E-state index in [0.717, 1.165) is 29.2 Å². The highest BCUT2D eigenvalue weighted by atomic mass is 32.1. The minimum atomic E-state index is -0.0516. The predicted molar refractivity (Wildman–Crippen MR) is 81.5 cm³/mol. The van der Waals surface area contributed by atoms with E-state index >= 15 is 0 Å². The van der Waals surface area contributed by atoms with Crippen LogP contribution < -0.4 is 10.6 Å². The Hall–Kier alpha value is -1.69.